The molecule has 0 radical (unpaired) electrons. The number of anilines is 2. The molecule has 7 nitrogen and oxygen atoms in total. The Bertz CT molecular complexity index is 371. The molecule has 0 bridgehead atoms. The van der Waals surface area contributed by atoms with Crippen LogP contribution < -0.4 is 15.8 Å². The van der Waals surface area contributed by atoms with Gasteiger partial charge in [-0.25, -0.2) is 0 Å². The number of methoxy groups -OCH3 is 1. The van der Waals surface area contributed by atoms with Crippen molar-refractivity contribution in [3.8, 4) is 6.01 Å². The lowest BCUT2D eigenvalue weighted by Crippen LogP contribution is -2.28. The van der Waals surface area contributed by atoms with E-state index < -0.39 is 0 Å². The first-order valence-corrected chi connectivity index (χ1v) is 6.02. The number of rotatable bonds is 7. The highest BCUT2D eigenvalue weighted by Crippen LogP contribution is 2.07. The van der Waals surface area contributed by atoms with Gasteiger partial charge in [0.2, 0.25) is 11.9 Å². The van der Waals surface area contributed by atoms with E-state index in [-0.39, 0.29) is 12.0 Å². The van der Waals surface area contributed by atoms with E-state index in [2.05, 4.69) is 46.1 Å². The molecular weight excluding hydrogens is 232 g/mol. The second kappa shape index (κ2) is 6.95. The largest absolute Gasteiger partial charge is 0.467 e. The Balaban J connectivity index is 2.37. The number of hydrogen-bond donors (Lipinski definition) is 2. The van der Waals surface area contributed by atoms with Gasteiger partial charge in [0.15, 0.2) is 0 Å². The van der Waals surface area contributed by atoms with E-state index in [1.54, 1.807) is 0 Å². The van der Waals surface area contributed by atoms with Gasteiger partial charge in [0, 0.05) is 12.6 Å². The lowest BCUT2D eigenvalue weighted by atomic mass is 10.3. The molecule has 1 rings (SSSR count). The maximum Gasteiger partial charge on any atom is 0.322 e. The van der Waals surface area contributed by atoms with Gasteiger partial charge < -0.3 is 20.7 Å². The summed E-state index contributed by atoms with van der Waals surface area (Å²) < 4.78 is 4.92. The molecule has 0 aliphatic carbocycles. The van der Waals surface area contributed by atoms with Crippen molar-refractivity contribution in [3.63, 3.8) is 0 Å². The molecule has 1 aromatic rings. The molecule has 102 valence electrons. The van der Waals surface area contributed by atoms with Crippen LogP contribution in [0.15, 0.2) is 0 Å². The van der Waals surface area contributed by atoms with Gasteiger partial charge in [-0.15, -0.1) is 0 Å². The zero-order chi connectivity index (χ0) is 13.5. The number of aromatic nitrogens is 3. The van der Waals surface area contributed by atoms with E-state index in [0.717, 1.165) is 19.5 Å². The molecule has 1 aromatic heterocycles. The van der Waals surface area contributed by atoms with E-state index in [4.69, 9.17) is 10.5 Å². The van der Waals surface area contributed by atoms with Gasteiger partial charge in [0.05, 0.1) is 7.11 Å². The summed E-state index contributed by atoms with van der Waals surface area (Å²) >= 11 is 0. The second-order valence-corrected chi connectivity index (χ2v) is 4.36. The van der Waals surface area contributed by atoms with Gasteiger partial charge in [-0.3, -0.25) is 0 Å². The highest BCUT2D eigenvalue weighted by atomic mass is 16.5. The molecule has 0 saturated heterocycles. The van der Waals surface area contributed by atoms with E-state index in [1.807, 2.05) is 0 Å². The molecule has 0 aliphatic heterocycles. The molecule has 18 heavy (non-hydrogen) atoms. The quantitative estimate of drug-likeness (QED) is 0.689. The third-order valence-electron chi connectivity index (χ3n) is 2.67. The van der Waals surface area contributed by atoms with Crippen molar-refractivity contribution in [1.82, 2.24) is 19.9 Å². The van der Waals surface area contributed by atoms with Gasteiger partial charge in [-0.05, 0) is 33.9 Å². The van der Waals surface area contributed by atoms with Crippen molar-refractivity contribution in [2.24, 2.45) is 0 Å². The average molecular weight is 254 g/mol. The molecule has 0 aromatic carbocycles. The Morgan fingerprint density at radius 1 is 1.33 bits per heavy atom. The second-order valence-electron chi connectivity index (χ2n) is 4.36. The molecule has 0 aliphatic rings. The lowest BCUT2D eigenvalue weighted by molar-refractivity contribution is 0.273. The summed E-state index contributed by atoms with van der Waals surface area (Å²) in [7, 11) is 3.60. The monoisotopic (exact) mass is 254 g/mol. The average Bonchev–Trinajstić information content (AvgIpc) is 2.33. The standard InChI is InChI=1S/C11H22N6O/c1-8(2)17(3)7-5-6-13-10-14-9(12)15-11(16-10)18-4/h8H,5-7H2,1-4H3,(H3,12,13,14,15,16). The Kier molecular flexibility index (Phi) is 5.57. The van der Waals surface area contributed by atoms with Crippen LogP contribution in [-0.4, -0.2) is 53.1 Å². The van der Waals surface area contributed by atoms with Crippen LogP contribution in [0.4, 0.5) is 11.9 Å². The third kappa shape index (κ3) is 4.70. The smallest absolute Gasteiger partial charge is 0.322 e. The predicted molar refractivity (Wildman–Crippen MR) is 71.7 cm³/mol. The summed E-state index contributed by atoms with van der Waals surface area (Å²) in [5.74, 6) is 0.607. The summed E-state index contributed by atoms with van der Waals surface area (Å²) in [5, 5.41) is 3.11. The fraction of sp³-hybridized carbons (Fsp3) is 0.727. The summed E-state index contributed by atoms with van der Waals surface area (Å²) in [6.07, 6.45) is 1.00. The van der Waals surface area contributed by atoms with Crippen LogP contribution in [0.1, 0.15) is 20.3 Å². The molecule has 0 amide bonds. The maximum atomic E-state index is 5.54. The predicted octanol–water partition coefficient (Wildman–Crippen LogP) is 0.605. The molecule has 0 saturated carbocycles. The van der Waals surface area contributed by atoms with Crippen molar-refractivity contribution < 1.29 is 4.74 Å². The Hall–Kier alpha value is -1.63. The van der Waals surface area contributed by atoms with Crippen LogP contribution in [0.25, 0.3) is 0 Å². The number of nitrogens with zero attached hydrogens (tertiary/aromatic N) is 4. The van der Waals surface area contributed by atoms with E-state index in [1.165, 1.54) is 7.11 Å². The van der Waals surface area contributed by atoms with E-state index in [9.17, 15) is 0 Å². The lowest BCUT2D eigenvalue weighted by Gasteiger charge is -2.20. The van der Waals surface area contributed by atoms with Crippen molar-refractivity contribution >= 4 is 11.9 Å². The molecule has 0 fully saturated rings. The van der Waals surface area contributed by atoms with Crippen LogP contribution in [0.3, 0.4) is 0 Å². The molecular formula is C11H22N6O. The molecule has 0 spiro atoms. The fourth-order valence-electron chi connectivity index (χ4n) is 1.33. The minimum absolute atomic E-state index is 0.156. The minimum Gasteiger partial charge on any atom is -0.467 e. The first-order chi connectivity index (χ1) is 8.52. The van der Waals surface area contributed by atoms with Gasteiger partial charge in [0.25, 0.3) is 0 Å². The van der Waals surface area contributed by atoms with Gasteiger partial charge in [-0.1, -0.05) is 0 Å². The van der Waals surface area contributed by atoms with E-state index in [0.29, 0.717) is 12.0 Å². The number of nitrogens with two attached hydrogens (primary N) is 1. The van der Waals surface area contributed by atoms with Crippen LogP contribution in [0.2, 0.25) is 0 Å². The first-order valence-electron chi connectivity index (χ1n) is 6.02. The maximum absolute atomic E-state index is 5.54. The normalized spacial score (nSPS) is 11.0. The Morgan fingerprint density at radius 3 is 2.67 bits per heavy atom. The highest BCUT2D eigenvalue weighted by molar-refractivity contribution is 5.32. The SMILES string of the molecule is COc1nc(N)nc(NCCCN(C)C(C)C)n1. The highest BCUT2D eigenvalue weighted by Gasteiger charge is 2.05. The van der Waals surface area contributed by atoms with Crippen molar-refractivity contribution in [2.75, 3.05) is 38.3 Å². The van der Waals surface area contributed by atoms with Gasteiger partial charge >= 0.3 is 6.01 Å². The molecule has 0 atom stereocenters. The number of ether oxygens (including phenoxy) is 1. The number of nitrogens with one attached hydrogen (secondary N) is 1. The zero-order valence-electron chi connectivity index (χ0n) is 11.5. The first kappa shape index (κ1) is 14.4. The van der Waals surface area contributed by atoms with Crippen LogP contribution in [-0.2, 0) is 0 Å². The topological polar surface area (TPSA) is 89.2 Å². The van der Waals surface area contributed by atoms with Gasteiger partial charge in [-0.2, -0.15) is 15.0 Å². The molecule has 3 N–H and O–H groups in total. The Morgan fingerprint density at radius 2 is 2.06 bits per heavy atom. The molecule has 0 unspecified atom stereocenters. The fourth-order valence-corrected chi connectivity index (χ4v) is 1.33. The minimum atomic E-state index is 0.156. The summed E-state index contributed by atoms with van der Waals surface area (Å²) in [6, 6.07) is 0.780. The van der Waals surface area contributed by atoms with Gasteiger partial charge in [0.1, 0.15) is 0 Å². The number of nitrogen functional groups attached to an aromatic ring is 1. The van der Waals surface area contributed by atoms with Crippen molar-refractivity contribution in [2.45, 2.75) is 26.3 Å². The van der Waals surface area contributed by atoms with Crippen molar-refractivity contribution in [3.05, 3.63) is 0 Å². The zero-order valence-corrected chi connectivity index (χ0v) is 11.5. The molecule has 1 heterocycles. The Labute approximate surface area is 108 Å². The van der Waals surface area contributed by atoms with Crippen LogP contribution in [0.5, 0.6) is 6.01 Å². The summed E-state index contributed by atoms with van der Waals surface area (Å²) in [5.41, 5.74) is 5.54. The third-order valence-corrected chi connectivity index (χ3v) is 2.67. The molecule has 7 heteroatoms. The van der Waals surface area contributed by atoms with Crippen LogP contribution in [0, 0.1) is 0 Å². The summed E-state index contributed by atoms with van der Waals surface area (Å²) in [6.45, 7) is 6.14. The van der Waals surface area contributed by atoms with Crippen molar-refractivity contribution in [1.29, 1.82) is 0 Å². The number of hydrogen-bond acceptors (Lipinski definition) is 7. The summed E-state index contributed by atoms with van der Waals surface area (Å²) in [4.78, 5) is 14.1. The van der Waals surface area contributed by atoms with E-state index >= 15 is 0 Å². The van der Waals surface area contributed by atoms with Crippen LogP contribution >= 0.6 is 0 Å².